The Morgan fingerprint density at radius 1 is 1.11 bits per heavy atom. The number of halogens is 1. The van der Waals surface area contributed by atoms with Gasteiger partial charge in [0, 0.05) is 17.9 Å². The molecule has 0 radical (unpaired) electrons. The number of carbonyl (C=O) groups excluding carboxylic acids is 1. The largest absolute Gasteiger partial charge is 0.512 e. The number of aryl methyl sites for hydroxylation is 2. The number of aliphatic hydroxyl groups is 1. The van der Waals surface area contributed by atoms with Crippen molar-refractivity contribution in [2.75, 3.05) is 0 Å². The van der Waals surface area contributed by atoms with E-state index in [1.165, 1.54) is 0 Å². The first-order valence-electron chi connectivity index (χ1n) is 9.23. The van der Waals surface area contributed by atoms with Gasteiger partial charge in [0.2, 0.25) is 0 Å². The van der Waals surface area contributed by atoms with Crippen LogP contribution in [-0.2, 0) is 11.2 Å². The van der Waals surface area contributed by atoms with Crippen LogP contribution >= 0.6 is 11.6 Å². The minimum Gasteiger partial charge on any atom is -0.512 e. The number of Topliss-reactive ketones (excluding diaryl/α,β-unsaturated/α-hetero) is 1. The van der Waals surface area contributed by atoms with E-state index in [4.69, 9.17) is 16.3 Å². The molecule has 0 aliphatic heterocycles. The summed E-state index contributed by atoms with van der Waals surface area (Å²) < 4.78 is 5.96. The first kappa shape index (κ1) is 19.5. The van der Waals surface area contributed by atoms with Crippen LogP contribution in [0, 0.1) is 12.3 Å². The fraction of sp³-hybridized carbons (Fsp3) is 0.348. The molecule has 0 spiro atoms. The first-order valence-corrected chi connectivity index (χ1v) is 9.60. The standard InChI is InChI=1S/C23H25ClO3/c1-5-15-7-9-16(27-17-8-6-14(2)19(24)11-17)10-18(15)22-20(25)12-23(3,4)13-21(22)26/h6-11,25H,5,12-13H2,1-4H3. The lowest BCUT2D eigenvalue weighted by atomic mass is 9.74. The van der Waals surface area contributed by atoms with Crippen molar-refractivity contribution in [3.63, 3.8) is 0 Å². The summed E-state index contributed by atoms with van der Waals surface area (Å²) in [5.74, 6) is 1.39. The van der Waals surface area contributed by atoms with Crippen molar-refractivity contribution < 1.29 is 14.6 Å². The lowest BCUT2D eigenvalue weighted by Crippen LogP contribution is -2.25. The lowest BCUT2D eigenvalue weighted by molar-refractivity contribution is -0.116. The van der Waals surface area contributed by atoms with Crippen molar-refractivity contribution in [1.82, 2.24) is 0 Å². The number of ketones is 1. The normalized spacial score (nSPS) is 16.6. The molecule has 1 N–H and O–H groups in total. The third-order valence-corrected chi connectivity index (χ3v) is 5.37. The van der Waals surface area contributed by atoms with Crippen molar-refractivity contribution in [3.8, 4) is 11.5 Å². The van der Waals surface area contributed by atoms with Crippen LogP contribution in [-0.4, -0.2) is 10.9 Å². The van der Waals surface area contributed by atoms with E-state index >= 15 is 0 Å². The first-order chi connectivity index (χ1) is 12.7. The summed E-state index contributed by atoms with van der Waals surface area (Å²) in [5, 5.41) is 11.2. The van der Waals surface area contributed by atoms with Gasteiger partial charge in [-0.1, -0.05) is 44.5 Å². The highest BCUT2D eigenvalue weighted by Gasteiger charge is 2.34. The van der Waals surface area contributed by atoms with Gasteiger partial charge >= 0.3 is 0 Å². The lowest BCUT2D eigenvalue weighted by Gasteiger charge is -2.30. The van der Waals surface area contributed by atoms with Crippen LogP contribution in [0.3, 0.4) is 0 Å². The molecule has 2 aromatic carbocycles. The molecule has 0 fully saturated rings. The summed E-state index contributed by atoms with van der Waals surface area (Å²) in [6.45, 7) is 7.97. The zero-order chi connectivity index (χ0) is 19.8. The molecular weight excluding hydrogens is 360 g/mol. The van der Waals surface area contributed by atoms with Crippen molar-refractivity contribution in [2.45, 2.75) is 47.0 Å². The molecule has 0 saturated heterocycles. The summed E-state index contributed by atoms with van der Waals surface area (Å²) >= 11 is 6.18. The van der Waals surface area contributed by atoms with E-state index in [0.717, 1.165) is 23.1 Å². The van der Waals surface area contributed by atoms with Gasteiger partial charge in [0.1, 0.15) is 17.3 Å². The summed E-state index contributed by atoms with van der Waals surface area (Å²) in [4.78, 5) is 12.8. The Hall–Kier alpha value is -2.26. The van der Waals surface area contributed by atoms with Gasteiger partial charge < -0.3 is 9.84 Å². The van der Waals surface area contributed by atoms with Gasteiger partial charge in [-0.25, -0.2) is 0 Å². The minimum atomic E-state index is -0.218. The Balaban J connectivity index is 2.01. The molecule has 4 heteroatoms. The topological polar surface area (TPSA) is 46.5 Å². The van der Waals surface area contributed by atoms with Crippen LogP contribution in [0.1, 0.15) is 50.3 Å². The van der Waals surface area contributed by atoms with Crippen LogP contribution in [0.2, 0.25) is 5.02 Å². The minimum absolute atomic E-state index is 0.0195. The number of benzene rings is 2. The number of allylic oxidation sites excluding steroid dienone is 2. The fourth-order valence-corrected chi connectivity index (χ4v) is 3.70. The monoisotopic (exact) mass is 384 g/mol. The maximum Gasteiger partial charge on any atom is 0.167 e. The highest BCUT2D eigenvalue weighted by Crippen LogP contribution is 2.41. The molecule has 0 aromatic heterocycles. The van der Waals surface area contributed by atoms with Crippen molar-refractivity contribution >= 4 is 23.0 Å². The highest BCUT2D eigenvalue weighted by atomic mass is 35.5. The zero-order valence-corrected chi connectivity index (χ0v) is 17.0. The van der Waals surface area contributed by atoms with Gasteiger partial charge in [-0.15, -0.1) is 0 Å². The van der Waals surface area contributed by atoms with E-state index in [2.05, 4.69) is 0 Å². The average Bonchev–Trinajstić information content (AvgIpc) is 2.57. The third kappa shape index (κ3) is 4.19. The van der Waals surface area contributed by atoms with E-state index < -0.39 is 0 Å². The van der Waals surface area contributed by atoms with Crippen molar-refractivity contribution in [2.24, 2.45) is 5.41 Å². The molecule has 0 unspecified atom stereocenters. The predicted molar refractivity (Wildman–Crippen MR) is 110 cm³/mol. The van der Waals surface area contributed by atoms with Gasteiger partial charge in [0.05, 0.1) is 5.57 Å². The summed E-state index contributed by atoms with van der Waals surface area (Å²) in [6, 6.07) is 11.2. The second-order valence-electron chi connectivity index (χ2n) is 7.95. The quantitative estimate of drug-likeness (QED) is 0.640. The van der Waals surface area contributed by atoms with Gasteiger partial charge in [0.25, 0.3) is 0 Å². The maximum atomic E-state index is 12.8. The summed E-state index contributed by atoms with van der Waals surface area (Å²) in [6.07, 6.45) is 1.68. The van der Waals surface area contributed by atoms with Gasteiger partial charge in [0.15, 0.2) is 5.78 Å². The molecule has 3 rings (SSSR count). The molecular formula is C23H25ClO3. The number of carbonyl (C=O) groups is 1. The highest BCUT2D eigenvalue weighted by molar-refractivity contribution is 6.31. The SMILES string of the molecule is CCc1ccc(Oc2ccc(C)c(Cl)c2)cc1C1=C(O)CC(C)(C)CC1=O. The zero-order valence-electron chi connectivity index (χ0n) is 16.2. The third-order valence-electron chi connectivity index (χ3n) is 4.96. The Labute approximate surface area is 165 Å². The van der Waals surface area contributed by atoms with E-state index in [-0.39, 0.29) is 17.0 Å². The molecule has 0 saturated carbocycles. The molecule has 3 nitrogen and oxygen atoms in total. The van der Waals surface area contributed by atoms with Gasteiger partial charge in [-0.05, 0) is 59.7 Å². The molecule has 1 aliphatic rings. The van der Waals surface area contributed by atoms with Crippen LogP contribution in [0.5, 0.6) is 11.5 Å². The Bertz CT molecular complexity index is 925. The molecule has 142 valence electrons. The number of rotatable bonds is 4. The molecule has 0 heterocycles. The van der Waals surface area contributed by atoms with Crippen LogP contribution in [0.25, 0.3) is 5.57 Å². The Morgan fingerprint density at radius 2 is 1.78 bits per heavy atom. The molecule has 1 aliphatic carbocycles. The van der Waals surface area contributed by atoms with Crippen molar-refractivity contribution in [1.29, 1.82) is 0 Å². The van der Waals surface area contributed by atoms with Gasteiger partial charge in [-0.2, -0.15) is 0 Å². The predicted octanol–water partition coefficient (Wildman–Crippen LogP) is 6.66. The molecule has 0 atom stereocenters. The number of hydrogen-bond acceptors (Lipinski definition) is 3. The van der Waals surface area contributed by atoms with Gasteiger partial charge in [-0.3, -0.25) is 4.79 Å². The van der Waals surface area contributed by atoms with Crippen molar-refractivity contribution in [3.05, 3.63) is 63.9 Å². The molecule has 0 bridgehead atoms. The van der Waals surface area contributed by atoms with Crippen LogP contribution < -0.4 is 4.74 Å². The Morgan fingerprint density at radius 3 is 2.41 bits per heavy atom. The van der Waals surface area contributed by atoms with E-state index in [1.807, 2.05) is 58.0 Å². The Kier molecular flexibility index (Phi) is 5.34. The number of hydrogen-bond donors (Lipinski definition) is 1. The maximum absolute atomic E-state index is 12.8. The fourth-order valence-electron chi connectivity index (χ4n) is 3.53. The van der Waals surface area contributed by atoms with Crippen LogP contribution in [0.4, 0.5) is 0 Å². The molecule has 0 amide bonds. The smallest absolute Gasteiger partial charge is 0.167 e. The van der Waals surface area contributed by atoms with E-state index in [1.54, 1.807) is 6.07 Å². The summed E-state index contributed by atoms with van der Waals surface area (Å²) in [5.41, 5.74) is 2.96. The van der Waals surface area contributed by atoms with Crippen LogP contribution in [0.15, 0.2) is 42.2 Å². The van der Waals surface area contributed by atoms with E-state index in [9.17, 15) is 9.90 Å². The molecule has 27 heavy (non-hydrogen) atoms. The average molecular weight is 385 g/mol. The van der Waals surface area contributed by atoms with E-state index in [0.29, 0.717) is 34.9 Å². The second-order valence-corrected chi connectivity index (χ2v) is 8.36. The molecule has 2 aromatic rings. The number of ether oxygens (including phenoxy) is 1. The second kappa shape index (κ2) is 7.40. The summed E-state index contributed by atoms with van der Waals surface area (Å²) in [7, 11) is 0. The number of aliphatic hydroxyl groups excluding tert-OH is 1.